The SMILES string of the molecule is Cc1nccn1-c1cc(Nc2ccc(NC(=O)c3ccccc3I)cc2)ncn1. The number of halogens is 1. The van der Waals surface area contributed by atoms with Gasteiger partial charge in [-0.2, -0.15) is 0 Å². The summed E-state index contributed by atoms with van der Waals surface area (Å²) in [6.45, 7) is 1.92. The number of hydrogen-bond acceptors (Lipinski definition) is 5. The van der Waals surface area contributed by atoms with Crippen molar-refractivity contribution < 1.29 is 4.79 Å². The van der Waals surface area contributed by atoms with Crippen LogP contribution in [0.15, 0.2) is 73.3 Å². The third kappa shape index (κ3) is 4.43. The van der Waals surface area contributed by atoms with Gasteiger partial charge >= 0.3 is 0 Å². The summed E-state index contributed by atoms with van der Waals surface area (Å²) >= 11 is 2.16. The molecule has 2 aromatic carbocycles. The van der Waals surface area contributed by atoms with Crippen LogP contribution in [0.1, 0.15) is 16.2 Å². The number of imidazole rings is 1. The van der Waals surface area contributed by atoms with Crippen molar-refractivity contribution in [2.24, 2.45) is 0 Å². The molecule has 0 spiro atoms. The lowest BCUT2D eigenvalue weighted by molar-refractivity contribution is 0.102. The predicted molar refractivity (Wildman–Crippen MR) is 121 cm³/mol. The Morgan fingerprint density at radius 3 is 2.48 bits per heavy atom. The molecule has 0 saturated carbocycles. The fourth-order valence-electron chi connectivity index (χ4n) is 2.80. The third-order valence-electron chi connectivity index (χ3n) is 4.26. The van der Waals surface area contributed by atoms with Crippen LogP contribution in [-0.2, 0) is 0 Å². The standard InChI is InChI=1S/C21H17IN6O/c1-14-23-10-11-28(14)20-12-19(24-13-25-20)26-15-6-8-16(9-7-15)27-21(29)17-4-2-3-5-18(17)22/h2-13H,1H3,(H,27,29)(H,24,25,26). The molecule has 0 aliphatic rings. The van der Waals surface area contributed by atoms with Gasteiger partial charge in [0.1, 0.15) is 23.8 Å². The van der Waals surface area contributed by atoms with E-state index in [9.17, 15) is 4.79 Å². The molecule has 2 aromatic heterocycles. The summed E-state index contributed by atoms with van der Waals surface area (Å²) in [7, 11) is 0. The van der Waals surface area contributed by atoms with Gasteiger partial charge in [0.15, 0.2) is 0 Å². The number of carbonyl (C=O) groups excluding carboxylic acids is 1. The number of benzene rings is 2. The summed E-state index contributed by atoms with van der Waals surface area (Å²) < 4.78 is 2.80. The molecule has 0 radical (unpaired) electrons. The molecule has 0 atom stereocenters. The Hall–Kier alpha value is -3.27. The van der Waals surface area contributed by atoms with E-state index in [1.165, 1.54) is 6.33 Å². The molecular formula is C21H17IN6O. The number of carbonyl (C=O) groups is 1. The first-order valence-corrected chi connectivity index (χ1v) is 9.93. The monoisotopic (exact) mass is 496 g/mol. The van der Waals surface area contributed by atoms with Gasteiger partial charge in [0.2, 0.25) is 0 Å². The fraction of sp³-hybridized carbons (Fsp3) is 0.0476. The molecule has 4 rings (SSSR count). The van der Waals surface area contributed by atoms with Crippen LogP contribution in [0.25, 0.3) is 5.82 Å². The summed E-state index contributed by atoms with van der Waals surface area (Å²) in [5.41, 5.74) is 2.22. The molecule has 29 heavy (non-hydrogen) atoms. The van der Waals surface area contributed by atoms with Crippen LogP contribution in [0.4, 0.5) is 17.2 Å². The second kappa shape index (κ2) is 8.39. The molecule has 7 nitrogen and oxygen atoms in total. The average molecular weight is 496 g/mol. The Bertz CT molecular complexity index is 1160. The van der Waals surface area contributed by atoms with Gasteiger partial charge in [-0.3, -0.25) is 9.36 Å². The van der Waals surface area contributed by atoms with E-state index in [0.717, 1.165) is 26.6 Å². The van der Waals surface area contributed by atoms with E-state index in [-0.39, 0.29) is 5.91 Å². The molecule has 0 saturated heterocycles. The topological polar surface area (TPSA) is 84.7 Å². The predicted octanol–water partition coefficient (Wildman–Crippen LogP) is 4.57. The molecule has 0 bridgehead atoms. The van der Waals surface area contributed by atoms with E-state index in [0.29, 0.717) is 11.4 Å². The van der Waals surface area contributed by atoms with Gasteiger partial charge in [-0.15, -0.1) is 0 Å². The smallest absolute Gasteiger partial charge is 0.256 e. The molecule has 0 unspecified atom stereocenters. The minimum Gasteiger partial charge on any atom is -0.340 e. The lowest BCUT2D eigenvalue weighted by Gasteiger charge is -2.10. The van der Waals surface area contributed by atoms with Crippen molar-refractivity contribution in [1.29, 1.82) is 0 Å². The fourth-order valence-corrected chi connectivity index (χ4v) is 3.43. The summed E-state index contributed by atoms with van der Waals surface area (Å²) in [6, 6.07) is 16.8. The highest BCUT2D eigenvalue weighted by atomic mass is 127. The highest BCUT2D eigenvalue weighted by Gasteiger charge is 2.09. The summed E-state index contributed by atoms with van der Waals surface area (Å²) in [5.74, 6) is 2.12. The Kier molecular flexibility index (Phi) is 5.52. The van der Waals surface area contributed by atoms with Crippen LogP contribution in [0.2, 0.25) is 0 Å². The molecule has 0 fully saturated rings. The normalized spacial score (nSPS) is 10.6. The van der Waals surface area contributed by atoms with E-state index in [2.05, 4.69) is 48.2 Å². The van der Waals surface area contributed by atoms with Crippen molar-refractivity contribution in [2.45, 2.75) is 6.92 Å². The van der Waals surface area contributed by atoms with Crippen LogP contribution in [-0.4, -0.2) is 25.4 Å². The van der Waals surface area contributed by atoms with E-state index in [1.54, 1.807) is 6.20 Å². The largest absolute Gasteiger partial charge is 0.340 e. The van der Waals surface area contributed by atoms with Crippen molar-refractivity contribution in [3.63, 3.8) is 0 Å². The first kappa shape index (κ1) is 19.1. The molecule has 0 aliphatic carbocycles. The molecule has 144 valence electrons. The van der Waals surface area contributed by atoms with E-state index in [1.807, 2.05) is 72.3 Å². The van der Waals surface area contributed by atoms with Crippen LogP contribution in [0.5, 0.6) is 0 Å². The summed E-state index contributed by atoms with van der Waals surface area (Å²) in [6.07, 6.45) is 5.09. The maximum atomic E-state index is 12.4. The lowest BCUT2D eigenvalue weighted by atomic mass is 10.2. The maximum Gasteiger partial charge on any atom is 0.256 e. The molecule has 2 N–H and O–H groups in total. The second-order valence-corrected chi connectivity index (χ2v) is 7.40. The van der Waals surface area contributed by atoms with E-state index < -0.39 is 0 Å². The quantitative estimate of drug-likeness (QED) is 0.396. The Labute approximate surface area is 181 Å². The van der Waals surface area contributed by atoms with Crippen LogP contribution < -0.4 is 10.6 Å². The van der Waals surface area contributed by atoms with Crippen LogP contribution >= 0.6 is 22.6 Å². The van der Waals surface area contributed by atoms with Crippen molar-refractivity contribution in [1.82, 2.24) is 19.5 Å². The number of anilines is 3. The van der Waals surface area contributed by atoms with Gasteiger partial charge in [-0.25, -0.2) is 15.0 Å². The second-order valence-electron chi connectivity index (χ2n) is 6.24. The van der Waals surface area contributed by atoms with Crippen molar-refractivity contribution in [2.75, 3.05) is 10.6 Å². The zero-order chi connectivity index (χ0) is 20.2. The molecule has 2 heterocycles. The number of hydrogen-bond donors (Lipinski definition) is 2. The molecular weight excluding hydrogens is 479 g/mol. The van der Waals surface area contributed by atoms with Gasteiger partial charge < -0.3 is 10.6 Å². The number of nitrogens with zero attached hydrogens (tertiary/aromatic N) is 4. The Morgan fingerprint density at radius 2 is 1.76 bits per heavy atom. The first-order valence-electron chi connectivity index (χ1n) is 8.85. The zero-order valence-corrected chi connectivity index (χ0v) is 17.7. The number of nitrogens with one attached hydrogen (secondary N) is 2. The third-order valence-corrected chi connectivity index (χ3v) is 5.20. The van der Waals surface area contributed by atoms with Crippen molar-refractivity contribution in [3.05, 3.63) is 88.3 Å². The molecule has 4 aromatic rings. The van der Waals surface area contributed by atoms with Gasteiger partial charge in [0.05, 0.1) is 5.56 Å². The number of aromatic nitrogens is 4. The van der Waals surface area contributed by atoms with Gasteiger partial charge in [-0.1, -0.05) is 12.1 Å². The van der Waals surface area contributed by atoms with Gasteiger partial charge in [-0.05, 0) is 65.9 Å². The lowest BCUT2D eigenvalue weighted by Crippen LogP contribution is -2.13. The highest BCUT2D eigenvalue weighted by Crippen LogP contribution is 2.20. The minimum atomic E-state index is -0.133. The van der Waals surface area contributed by atoms with Crippen molar-refractivity contribution >= 4 is 45.7 Å². The van der Waals surface area contributed by atoms with Crippen LogP contribution in [0, 0.1) is 10.5 Å². The molecule has 8 heteroatoms. The summed E-state index contributed by atoms with van der Waals surface area (Å²) in [5, 5.41) is 6.16. The molecule has 0 aliphatic heterocycles. The average Bonchev–Trinajstić information content (AvgIpc) is 3.16. The van der Waals surface area contributed by atoms with E-state index in [4.69, 9.17) is 0 Å². The molecule has 1 amide bonds. The number of amides is 1. The zero-order valence-electron chi connectivity index (χ0n) is 15.5. The van der Waals surface area contributed by atoms with Crippen LogP contribution in [0.3, 0.4) is 0 Å². The van der Waals surface area contributed by atoms with Crippen molar-refractivity contribution in [3.8, 4) is 5.82 Å². The first-order chi connectivity index (χ1) is 14.1. The Morgan fingerprint density at radius 1 is 1.00 bits per heavy atom. The van der Waals surface area contributed by atoms with E-state index >= 15 is 0 Å². The maximum absolute atomic E-state index is 12.4. The highest BCUT2D eigenvalue weighted by molar-refractivity contribution is 14.1. The Balaban J connectivity index is 1.46. The minimum absolute atomic E-state index is 0.133. The number of rotatable bonds is 5. The number of aryl methyl sites for hydroxylation is 1. The summed E-state index contributed by atoms with van der Waals surface area (Å²) in [4.78, 5) is 25.2. The van der Waals surface area contributed by atoms with Gasteiger partial charge in [0.25, 0.3) is 5.91 Å². The van der Waals surface area contributed by atoms with Gasteiger partial charge in [0, 0.05) is 33.4 Å².